The van der Waals surface area contributed by atoms with Gasteiger partial charge in [-0.2, -0.15) is 0 Å². The van der Waals surface area contributed by atoms with Gasteiger partial charge in [0.1, 0.15) is 5.54 Å². The van der Waals surface area contributed by atoms with Crippen molar-refractivity contribution in [1.82, 2.24) is 15.1 Å². The maximum Gasteiger partial charge on any atom is 0.326 e. The van der Waals surface area contributed by atoms with Gasteiger partial charge in [0.15, 0.2) is 0 Å². The van der Waals surface area contributed by atoms with Crippen LogP contribution in [-0.4, -0.2) is 61.4 Å². The third kappa shape index (κ3) is 2.67. The van der Waals surface area contributed by atoms with Gasteiger partial charge in [-0.25, -0.2) is 0 Å². The Morgan fingerprint density at radius 1 is 1.38 bits per heavy atom. The maximum absolute atomic E-state index is 12.8. The highest BCUT2D eigenvalue weighted by Gasteiger charge is 2.67. The van der Waals surface area contributed by atoms with Crippen molar-refractivity contribution in [3.05, 3.63) is 21.9 Å². The normalized spacial score (nSPS) is 31.0. The van der Waals surface area contributed by atoms with E-state index in [4.69, 9.17) is 4.74 Å². The first kappa shape index (κ1) is 19.0. The van der Waals surface area contributed by atoms with Gasteiger partial charge in [0.2, 0.25) is 11.8 Å². The summed E-state index contributed by atoms with van der Waals surface area (Å²) >= 11 is 1.55. The first-order valence-corrected chi connectivity index (χ1v) is 9.54. The Labute approximate surface area is 157 Å². The summed E-state index contributed by atoms with van der Waals surface area (Å²) in [5, 5.41) is 5.38. The van der Waals surface area contributed by atoms with E-state index < -0.39 is 23.3 Å². The van der Waals surface area contributed by atoms with Gasteiger partial charge in [0.25, 0.3) is 0 Å². The highest BCUT2D eigenvalue weighted by Crippen LogP contribution is 2.50. The summed E-state index contributed by atoms with van der Waals surface area (Å²) in [6.45, 7) is 2.63. The zero-order valence-corrected chi connectivity index (χ0v) is 16.6. The number of ether oxygens (including phenoxy) is 1. The Kier molecular flexibility index (Phi) is 4.94. The Hall–Kier alpha value is -1.77. The number of nitrogens with one attached hydrogen (secondary N) is 1. The molecule has 0 bridgehead atoms. The van der Waals surface area contributed by atoms with Crippen LogP contribution in [0.2, 0.25) is 0 Å². The number of hydrogen-bond donors (Lipinski definition) is 1. The molecule has 8 heteroatoms. The molecule has 4 atom stereocenters. The molecule has 1 N–H and O–H groups in total. The van der Waals surface area contributed by atoms with Gasteiger partial charge in [-0.1, -0.05) is 6.92 Å². The van der Waals surface area contributed by atoms with Gasteiger partial charge in [-0.3, -0.25) is 24.6 Å². The standard InChI is InChI=1S/C18H25N3O4S/c1-6-18(17(24)25-5)13-12(15(22)21(4)16(13)23)14(19-18)11-7-10(9-26-11)8-20(2)3/h7,9,12-14,19H,6,8H2,1-5H3/t12-,13-,14-,18-/m0/s1. The van der Waals surface area contributed by atoms with Crippen molar-refractivity contribution in [3.8, 4) is 0 Å². The quantitative estimate of drug-likeness (QED) is 0.608. The largest absolute Gasteiger partial charge is 0.468 e. The van der Waals surface area contributed by atoms with E-state index in [-0.39, 0.29) is 17.9 Å². The van der Waals surface area contributed by atoms with Crippen molar-refractivity contribution < 1.29 is 19.1 Å². The van der Waals surface area contributed by atoms with Gasteiger partial charge < -0.3 is 9.64 Å². The molecule has 2 aliphatic heterocycles. The van der Waals surface area contributed by atoms with Gasteiger partial charge in [-0.05, 0) is 37.5 Å². The zero-order valence-electron chi connectivity index (χ0n) is 15.7. The SMILES string of the molecule is CC[C@]1(C(=O)OC)N[C@@H](c2cc(CN(C)C)cs2)[C@H]2C(=O)N(C)C(=O)[C@H]21. The van der Waals surface area contributed by atoms with E-state index in [1.807, 2.05) is 21.0 Å². The van der Waals surface area contributed by atoms with Crippen LogP contribution in [0.1, 0.15) is 29.8 Å². The highest BCUT2D eigenvalue weighted by molar-refractivity contribution is 7.10. The number of carbonyl (C=O) groups excluding carboxylic acids is 3. The van der Waals surface area contributed by atoms with Crippen LogP contribution in [0.25, 0.3) is 0 Å². The minimum Gasteiger partial charge on any atom is -0.468 e. The topological polar surface area (TPSA) is 79.0 Å². The Morgan fingerprint density at radius 2 is 2.08 bits per heavy atom. The number of imide groups is 1. The molecule has 3 rings (SSSR count). The lowest BCUT2D eigenvalue weighted by atomic mass is 9.78. The average Bonchev–Trinajstić information content (AvgIpc) is 3.26. The van der Waals surface area contributed by atoms with Gasteiger partial charge >= 0.3 is 5.97 Å². The number of nitrogens with zero attached hydrogens (tertiary/aromatic N) is 2. The summed E-state index contributed by atoms with van der Waals surface area (Å²) in [6, 6.07) is 1.68. The van der Waals surface area contributed by atoms with Crippen LogP contribution in [0.5, 0.6) is 0 Å². The molecule has 1 aromatic rings. The number of rotatable bonds is 5. The predicted octanol–water partition coefficient (Wildman–Crippen LogP) is 1.01. The second kappa shape index (κ2) is 6.75. The van der Waals surface area contributed by atoms with Gasteiger partial charge in [0.05, 0.1) is 25.0 Å². The second-order valence-corrected chi connectivity index (χ2v) is 8.22. The number of methoxy groups -OCH3 is 1. The van der Waals surface area contributed by atoms with Crippen molar-refractivity contribution in [1.29, 1.82) is 0 Å². The number of esters is 1. The van der Waals surface area contributed by atoms with E-state index in [9.17, 15) is 14.4 Å². The maximum atomic E-state index is 12.8. The van der Waals surface area contributed by atoms with Crippen LogP contribution in [0, 0.1) is 11.8 Å². The molecule has 0 aromatic carbocycles. The van der Waals surface area contributed by atoms with Gasteiger partial charge in [-0.15, -0.1) is 11.3 Å². The predicted molar refractivity (Wildman–Crippen MR) is 97.4 cm³/mol. The first-order valence-electron chi connectivity index (χ1n) is 8.66. The van der Waals surface area contributed by atoms with E-state index in [2.05, 4.69) is 21.7 Å². The summed E-state index contributed by atoms with van der Waals surface area (Å²) in [5.41, 5.74) is -0.0293. The number of carbonyl (C=O) groups is 3. The van der Waals surface area contributed by atoms with Crippen molar-refractivity contribution >= 4 is 29.1 Å². The monoisotopic (exact) mass is 379 g/mol. The molecule has 2 amide bonds. The van der Waals surface area contributed by atoms with Crippen molar-refractivity contribution in [2.24, 2.45) is 11.8 Å². The van der Waals surface area contributed by atoms with Crippen molar-refractivity contribution in [3.63, 3.8) is 0 Å². The highest BCUT2D eigenvalue weighted by atomic mass is 32.1. The molecule has 0 unspecified atom stereocenters. The Morgan fingerprint density at radius 3 is 2.65 bits per heavy atom. The molecule has 142 valence electrons. The van der Waals surface area contributed by atoms with Gasteiger partial charge in [0, 0.05) is 18.5 Å². The lowest BCUT2D eigenvalue weighted by Crippen LogP contribution is -2.55. The lowest BCUT2D eigenvalue weighted by Gasteiger charge is -2.30. The molecular weight excluding hydrogens is 354 g/mol. The molecule has 0 radical (unpaired) electrons. The van der Waals surface area contributed by atoms with Crippen LogP contribution < -0.4 is 5.32 Å². The van der Waals surface area contributed by atoms with E-state index >= 15 is 0 Å². The summed E-state index contributed by atoms with van der Waals surface area (Å²) in [6.07, 6.45) is 0.375. The fourth-order valence-corrected chi connectivity index (χ4v) is 5.24. The summed E-state index contributed by atoms with van der Waals surface area (Å²) in [4.78, 5) is 42.4. The Balaban J connectivity index is 2.04. The number of fused-ring (bicyclic) bond motifs is 1. The molecule has 7 nitrogen and oxygen atoms in total. The van der Waals surface area contributed by atoms with E-state index in [0.29, 0.717) is 6.42 Å². The van der Waals surface area contributed by atoms with E-state index in [0.717, 1.165) is 21.9 Å². The van der Waals surface area contributed by atoms with Crippen molar-refractivity contribution in [2.45, 2.75) is 31.5 Å². The number of hydrogen-bond acceptors (Lipinski definition) is 7. The minimum atomic E-state index is -1.17. The molecule has 3 heterocycles. The van der Waals surface area contributed by atoms with Crippen LogP contribution in [0.3, 0.4) is 0 Å². The molecule has 26 heavy (non-hydrogen) atoms. The smallest absolute Gasteiger partial charge is 0.326 e. The molecular formula is C18H25N3O4S. The van der Waals surface area contributed by atoms with Crippen LogP contribution in [0.15, 0.2) is 11.4 Å². The third-order valence-corrected chi connectivity index (χ3v) is 6.53. The molecule has 1 aromatic heterocycles. The lowest BCUT2D eigenvalue weighted by molar-refractivity contribution is -0.154. The van der Waals surface area contributed by atoms with Crippen LogP contribution in [0.4, 0.5) is 0 Å². The third-order valence-electron chi connectivity index (χ3n) is 5.46. The average molecular weight is 379 g/mol. The molecule has 2 aliphatic rings. The Bertz CT molecular complexity index is 747. The molecule has 0 spiro atoms. The number of likely N-dealkylation sites (tertiary alicyclic amines) is 1. The fourth-order valence-electron chi connectivity index (χ4n) is 4.23. The zero-order chi connectivity index (χ0) is 19.2. The number of thiophene rings is 1. The molecule has 2 saturated heterocycles. The van der Waals surface area contributed by atoms with Crippen LogP contribution >= 0.6 is 11.3 Å². The molecule has 0 aliphatic carbocycles. The summed E-state index contributed by atoms with van der Waals surface area (Å²) in [5.74, 6) is -2.36. The summed E-state index contributed by atoms with van der Waals surface area (Å²) in [7, 11) is 6.79. The van der Waals surface area contributed by atoms with Crippen molar-refractivity contribution in [2.75, 3.05) is 28.3 Å². The number of amides is 2. The molecule has 0 saturated carbocycles. The fraction of sp³-hybridized carbons (Fsp3) is 0.611. The van der Waals surface area contributed by atoms with Crippen LogP contribution in [-0.2, 0) is 25.7 Å². The minimum absolute atomic E-state index is 0.237. The summed E-state index contributed by atoms with van der Waals surface area (Å²) < 4.78 is 5.01. The second-order valence-electron chi connectivity index (χ2n) is 7.27. The molecule has 2 fully saturated rings. The van der Waals surface area contributed by atoms with E-state index in [1.54, 1.807) is 11.3 Å². The van der Waals surface area contributed by atoms with E-state index in [1.165, 1.54) is 14.2 Å². The first-order chi connectivity index (χ1) is 12.3.